The molecule has 0 radical (unpaired) electrons. The summed E-state index contributed by atoms with van der Waals surface area (Å²) in [7, 11) is 0. The van der Waals surface area contributed by atoms with Crippen molar-refractivity contribution in [1.82, 2.24) is 14.5 Å². The number of piperidine rings is 1. The van der Waals surface area contributed by atoms with Gasteiger partial charge in [-0.2, -0.15) is 0 Å². The zero-order valence-corrected chi connectivity index (χ0v) is 13.2. The minimum Gasteiger partial charge on any atom is -0.323 e. The maximum Gasteiger partial charge on any atom is 0.125 e. The van der Waals surface area contributed by atoms with Crippen LogP contribution in [0.25, 0.3) is 11.0 Å². The number of aromatic nitrogens is 2. The van der Waals surface area contributed by atoms with Crippen LogP contribution in [0.5, 0.6) is 0 Å². The molecule has 20 heavy (non-hydrogen) atoms. The molecule has 1 fully saturated rings. The van der Waals surface area contributed by atoms with Crippen LogP contribution in [0.2, 0.25) is 5.02 Å². The van der Waals surface area contributed by atoms with E-state index in [1.165, 1.54) is 19.4 Å². The largest absolute Gasteiger partial charge is 0.323 e. The molecule has 1 saturated heterocycles. The van der Waals surface area contributed by atoms with Gasteiger partial charge >= 0.3 is 0 Å². The molecule has 0 aliphatic carbocycles. The fraction of sp³-hybridized carbons (Fsp3) is 0.533. The van der Waals surface area contributed by atoms with E-state index in [9.17, 15) is 0 Å². The fourth-order valence-electron chi connectivity index (χ4n) is 3.16. The number of hydrogen-bond acceptors (Lipinski definition) is 2. The van der Waals surface area contributed by atoms with E-state index in [-0.39, 0.29) is 0 Å². The van der Waals surface area contributed by atoms with Crippen molar-refractivity contribution < 1.29 is 0 Å². The second kappa shape index (κ2) is 5.92. The number of fused-ring (bicyclic) bond motifs is 1. The molecule has 1 unspecified atom stereocenters. The summed E-state index contributed by atoms with van der Waals surface area (Å²) in [5, 5.41) is 0.704. The Balaban J connectivity index is 2.07. The highest BCUT2D eigenvalue weighted by atomic mass is 35.5. The van der Waals surface area contributed by atoms with Crippen LogP contribution in [-0.4, -0.2) is 34.1 Å². The Hall–Kier alpha value is -0.770. The Kier molecular flexibility index (Phi) is 4.20. The molecule has 0 saturated carbocycles. The van der Waals surface area contributed by atoms with Gasteiger partial charge in [-0.3, -0.25) is 0 Å². The Bertz CT molecular complexity index is 608. The van der Waals surface area contributed by atoms with Gasteiger partial charge in [0, 0.05) is 12.6 Å². The van der Waals surface area contributed by atoms with Crippen molar-refractivity contribution >= 4 is 34.2 Å². The van der Waals surface area contributed by atoms with Crippen LogP contribution in [0.15, 0.2) is 18.2 Å². The molecule has 0 amide bonds. The van der Waals surface area contributed by atoms with Gasteiger partial charge in [0.15, 0.2) is 0 Å². The van der Waals surface area contributed by atoms with Crippen LogP contribution in [-0.2, 0) is 5.88 Å². The average molecular weight is 312 g/mol. The van der Waals surface area contributed by atoms with E-state index in [1.54, 1.807) is 0 Å². The quantitative estimate of drug-likeness (QED) is 0.796. The van der Waals surface area contributed by atoms with Crippen molar-refractivity contribution in [1.29, 1.82) is 0 Å². The van der Waals surface area contributed by atoms with Crippen molar-refractivity contribution in [3.05, 3.63) is 29.0 Å². The van der Waals surface area contributed by atoms with Gasteiger partial charge in [0.25, 0.3) is 0 Å². The van der Waals surface area contributed by atoms with E-state index >= 15 is 0 Å². The van der Waals surface area contributed by atoms with Crippen molar-refractivity contribution in [2.45, 2.75) is 31.7 Å². The summed E-state index contributed by atoms with van der Waals surface area (Å²) in [6.07, 6.45) is 2.40. The standard InChI is InChI=1S/C15H19Cl2N3/c1-2-19-8-4-5-11(10-19)20-13-7-3-6-12(17)15(13)18-14(20)9-16/h3,6-7,11H,2,4-5,8-10H2,1H3. The summed E-state index contributed by atoms with van der Waals surface area (Å²) in [5.74, 6) is 1.35. The summed E-state index contributed by atoms with van der Waals surface area (Å²) < 4.78 is 2.30. The van der Waals surface area contributed by atoms with Crippen LogP contribution in [0.1, 0.15) is 31.6 Å². The van der Waals surface area contributed by atoms with E-state index in [1.807, 2.05) is 12.1 Å². The van der Waals surface area contributed by atoms with Gasteiger partial charge < -0.3 is 9.47 Å². The summed E-state index contributed by atoms with van der Waals surface area (Å²) >= 11 is 12.4. The third-order valence-corrected chi connectivity index (χ3v) is 4.70. The molecule has 0 spiro atoms. The van der Waals surface area contributed by atoms with Crippen molar-refractivity contribution in [3.8, 4) is 0 Å². The number of para-hydroxylation sites is 1. The molecule has 0 N–H and O–H groups in total. The summed E-state index contributed by atoms with van der Waals surface area (Å²) in [6.45, 7) is 5.57. The zero-order valence-electron chi connectivity index (χ0n) is 11.6. The number of hydrogen-bond donors (Lipinski definition) is 0. The Morgan fingerprint density at radius 2 is 2.25 bits per heavy atom. The SMILES string of the molecule is CCN1CCCC(n2c(CCl)nc3c(Cl)cccc32)C1. The molecule has 1 aliphatic rings. The summed E-state index contributed by atoms with van der Waals surface area (Å²) in [5.41, 5.74) is 1.98. The number of likely N-dealkylation sites (tertiary alicyclic amines) is 1. The number of rotatable bonds is 3. The van der Waals surface area contributed by atoms with Gasteiger partial charge in [0.05, 0.1) is 16.4 Å². The lowest BCUT2D eigenvalue weighted by Crippen LogP contribution is -2.36. The monoisotopic (exact) mass is 311 g/mol. The molecular weight excluding hydrogens is 293 g/mol. The van der Waals surface area contributed by atoms with Crippen molar-refractivity contribution in [2.75, 3.05) is 19.6 Å². The number of nitrogens with zero attached hydrogens (tertiary/aromatic N) is 3. The number of benzene rings is 1. The first-order valence-electron chi connectivity index (χ1n) is 7.18. The van der Waals surface area contributed by atoms with Crippen molar-refractivity contribution in [3.63, 3.8) is 0 Å². The highest BCUT2D eigenvalue weighted by Crippen LogP contribution is 2.31. The first-order valence-corrected chi connectivity index (χ1v) is 8.09. The van der Waals surface area contributed by atoms with Gasteiger partial charge in [-0.15, -0.1) is 11.6 Å². The predicted octanol–water partition coefficient (Wildman–Crippen LogP) is 4.09. The molecular formula is C15H19Cl2N3. The minimum absolute atomic E-state index is 0.424. The van der Waals surface area contributed by atoms with Gasteiger partial charge in [0.2, 0.25) is 0 Å². The number of halogens is 2. The molecule has 2 aromatic rings. The van der Waals surface area contributed by atoms with Crippen LogP contribution in [0, 0.1) is 0 Å². The summed E-state index contributed by atoms with van der Waals surface area (Å²) in [6, 6.07) is 6.41. The van der Waals surface area contributed by atoms with E-state index in [0.717, 1.165) is 29.9 Å². The smallest absolute Gasteiger partial charge is 0.125 e. The topological polar surface area (TPSA) is 21.1 Å². The third-order valence-electron chi connectivity index (χ3n) is 4.16. The number of imidazole rings is 1. The van der Waals surface area contributed by atoms with Gasteiger partial charge in [-0.25, -0.2) is 4.98 Å². The second-order valence-electron chi connectivity index (χ2n) is 5.33. The molecule has 5 heteroatoms. The molecule has 108 valence electrons. The van der Waals surface area contributed by atoms with Crippen LogP contribution < -0.4 is 0 Å². The maximum absolute atomic E-state index is 6.26. The van der Waals surface area contributed by atoms with Gasteiger partial charge in [-0.05, 0) is 38.1 Å². The lowest BCUT2D eigenvalue weighted by atomic mass is 10.1. The fourth-order valence-corrected chi connectivity index (χ4v) is 3.56. The Morgan fingerprint density at radius 3 is 3.00 bits per heavy atom. The minimum atomic E-state index is 0.424. The Labute approximate surface area is 129 Å². The first-order chi connectivity index (χ1) is 9.74. The predicted molar refractivity (Wildman–Crippen MR) is 84.7 cm³/mol. The first kappa shape index (κ1) is 14.2. The molecule has 3 rings (SSSR count). The highest BCUT2D eigenvalue weighted by molar-refractivity contribution is 6.35. The third kappa shape index (κ3) is 2.43. The highest BCUT2D eigenvalue weighted by Gasteiger charge is 2.24. The molecule has 0 bridgehead atoms. The molecule has 3 nitrogen and oxygen atoms in total. The average Bonchev–Trinajstić information content (AvgIpc) is 2.87. The van der Waals surface area contributed by atoms with Gasteiger partial charge in [-0.1, -0.05) is 24.6 Å². The summed E-state index contributed by atoms with van der Waals surface area (Å²) in [4.78, 5) is 7.13. The zero-order chi connectivity index (χ0) is 14.1. The number of alkyl halides is 1. The molecule has 1 atom stereocenters. The van der Waals surface area contributed by atoms with E-state index in [4.69, 9.17) is 23.2 Å². The van der Waals surface area contributed by atoms with Crippen LogP contribution in [0.4, 0.5) is 0 Å². The van der Waals surface area contributed by atoms with Gasteiger partial charge in [0.1, 0.15) is 11.3 Å². The lowest BCUT2D eigenvalue weighted by molar-refractivity contribution is 0.186. The number of likely N-dealkylation sites (N-methyl/N-ethyl adjacent to an activating group) is 1. The molecule has 1 aromatic heterocycles. The van der Waals surface area contributed by atoms with E-state index in [2.05, 4.69) is 27.4 Å². The Morgan fingerprint density at radius 1 is 1.40 bits per heavy atom. The normalized spacial score (nSPS) is 20.6. The molecule has 1 aromatic carbocycles. The lowest BCUT2D eigenvalue weighted by Gasteiger charge is -2.33. The van der Waals surface area contributed by atoms with Crippen molar-refractivity contribution in [2.24, 2.45) is 0 Å². The van der Waals surface area contributed by atoms with E-state index in [0.29, 0.717) is 16.9 Å². The maximum atomic E-state index is 6.26. The van der Waals surface area contributed by atoms with Crippen LogP contribution in [0.3, 0.4) is 0 Å². The van der Waals surface area contributed by atoms with Crippen LogP contribution >= 0.6 is 23.2 Å². The van der Waals surface area contributed by atoms with E-state index < -0.39 is 0 Å². The molecule has 1 aliphatic heterocycles. The molecule has 2 heterocycles. The second-order valence-corrected chi connectivity index (χ2v) is 6.00.